The fourth-order valence-electron chi connectivity index (χ4n) is 1.34. The van der Waals surface area contributed by atoms with Gasteiger partial charge in [-0.3, -0.25) is 4.79 Å². The van der Waals surface area contributed by atoms with E-state index in [4.69, 9.17) is 4.74 Å². The minimum absolute atomic E-state index is 0.0667. The molecule has 1 aromatic rings. The molecule has 6 heteroatoms. The fraction of sp³-hybridized carbons (Fsp3) is 0.500. The molecule has 0 saturated carbocycles. The van der Waals surface area contributed by atoms with Crippen LogP contribution in [0.2, 0.25) is 0 Å². The highest BCUT2D eigenvalue weighted by Gasteiger charge is 2.33. The first-order chi connectivity index (χ1) is 7.27. The van der Waals surface area contributed by atoms with Crippen LogP contribution in [0.4, 0.5) is 13.2 Å². The number of ether oxygens (including phenoxy) is 1. The maximum absolute atomic E-state index is 12.4. The lowest BCUT2D eigenvalue weighted by atomic mass is 10.1. The maximum Gasteiger partial charge on any atom is 0.431 e. The van der Waals surface area contributed by atoms with E-state index >= 15 is 0 Å². The molecule has 90 valence electrons. The van der Waals surface area contributed by atoms with E-state index in [9.17, 15) is 18.0 Å². The van der Waals surface area contributed by atoms with E-state index in [-0.39, 0.29) is 17.4 Å². The van der Waals surface area contributed by atoms with Gasteiger partial charge in [-0.15, -0.1) is 0 Å². The van der Waals surface area contributed by atoms with Gasteiger partial charge in [0.2, 0.25) is 5.43 Å². The number of pyridine rings is 1. The number of hydrogen-bond donors (Lipinski definition) is 1. The zero-order chi connectivity index (χ0) is 12.5. The van der Waals surface area contributed by atoms with Gasteiger partial charge in [-0.1, -0.05) is 13.8 Å². The highest BCUT2D eigenvalue weighted by atomic mass is 19.4. The zero-order valence-electron chi connectivity index (χ0n) is 9.11. The van der Waals surface area contributed by atoms with Crippen molar-refractivity contribution in [3.05, 3.63) is 27.7 Å². The van der Waals surface area contributed by atoms with Crippen LogP contribution in [0.1, 0.15) is 31.2 Å². The van der Waals surface area contributed by atoms with Crippen LogP contribution in [0.3, 0.4) is 0 Å². The van der Waals surface area contributed by atoms with Gasteiger partial charge in [0, 0.05) is 6.07 Å². The summed E-state index contributed by atoms with van der Waals surface area (Å²) >= 11 is 0. The maximum atomic E-state index is 12.4. The third-order valence-electron chi connectivity index (χ3n) is 2.10. The van der Waals surface area contributed by atoms with Crippen molar-refractivity contribution in [2.24, 2.45) is 0 Å². The van der Waals surface area contributed by atoms with Crippen molar-refractivity contribution >= 4 is 0 Å². The summed E-state index contributed by atoms with van der Waals surface area (Å²) in [5.41, 5.74) is -1.67. The normalized spacial score (nSPS) is 11.9. The molecule has 0 radical (unpaired) electrons. The van der Waals surface area contributed by atoms with Crippen molar-refractivity contribution in [2.45, 2.75) is 25.9 Å². The second-order valence-electron chi connectivity index (χ2n) is 3.65. The lowest BCUT2D eigenvalue weighted by Crippen LogP contribution is -2.18. The lowest BCUT2D eigenvalue weighted by molar-refractivity contribution is -0.141. The Morgan fingerprint density at radius 3 is 2.31 bits per heavy atom. The zero-order valence-corrected chi connectivity index (χ0v) is 9.11. The van der Waals surface area contributed by atoms with Gasteiger partial charge in [-0.2, -0.15) is 13.2 Å². The van der Waals surface area contributed by atoms with E-state index in [1.54, 1.807) is 13.8 Å². The Morgan fingerprint density at radius 1 is 1.38 bits per heavy atom. The number of H-pyrrole nitrogens is 1. The van der Waals surface area contributed by atoms with Gasteiger partial charge >= 0.3 is 6.18 Å². The second-order valence-corrected chi connectivity index (χ2v) is 3.65. The fourth-order valence-corrected chi connectivity index (χ4v) is 1.34. The Morgan fingerprint density at radius 2 is 1.94 bits per heavy atom. The van der Waals surface area contributed by atoms with Crippen LogP contribution in [0.15, 0.2) is 10.9 Å². The molecule has 3 nitrogen and oxygen atoms in total. The molecule has 16 heavy (non-hydrogen) atoms. The molecule has 0 spiro atoms. The van der Waals surface area contributed by atoms with Crippen molar-refractivity contribution in [3.63, 3.8) is 0 Å². The Kier molecular flexibility index (Phi) is 3.30. The standard InChI is InChI=1S/C10H12F3NO2/c1-5(2)8-9(16-3)6(15)4-7(14-8)10(11,12)13/h4-5H,1-3H3,(H,14,15). The summed E-state index contributed by atoms with van der Waals surface area (Å²) in [6, 6.07) is 0.505. The number of methoxy groups -OCH3 is 1. The van der Waals surface area contributed by atoms with E-state index in [0.717, 1.165) is 0 Å². The number of aromatic amines is 1. The van der Waals surface area contributed by atoms with Crippen LogP contribution in [0, 0.1) is 0 Å². The topological polar surface area (TPSA) is 42.1 Å². The molecule has 0 amide bonds. The van der Waals surface area contributed by atoms with Gasteiger partial charge in [-0.25, -0.2) is 0 Å². The summed E-state index contributed by atoms with van der Waals surface area (Å²) in [4.78, 5) is 13.6. The van der Waals surface area contributed by atoms with Gasteiger partial charge in [0.15, 0.2) is 5.75 Å². The first-order valence-electron chi connectivity index (χ1n) is 4.65. The molecular weight excluding hydrogens is 223 g/mol. The van der Waals surface area contributed by atoms with Gasteiger partial charge in [0.25, 0.3) is 0 Å². The number of hydrogen-bond acceptors (Lipinski definition) is 2. The van der Waals surface area contributed by atoms with Gasteiger partial charge in [-0.05, 0) is 5.92 Å². The molecule has 0 fully saturated rings. The summed E-state index contributed by atoms with van der Waals surface area (Å²) < 4.78 is 42.1. The first kappa shape index (κ1) is 12.6. The highest BCUT2D eigenvalue weighted by molar-refractivity contribution is 5.32. The molecule has 0 aliphatic heterocycles. The molecule has 0 unspecified atom stereocenters. The lowest BCUT2D eigenvalue weighted by Gasteiger charge is -2.14. The summed E-state index contributed by atoms with van der Waals surface area (Å²) in [5, 5.41) is 0. The van der Waals surface area contributed by atoms with Gasteiger partial charge < -0.3 is 9.72 Å². The van der Waals surface area contributed by atoms with Crippen molar-refractivity contribution in [1.82, 2.24) is 4.98 Å². The van der Waals surface area contributed by atoms with Crippen LogP contribution in [0.5, 0.6) is 5.75 Å². The molecule has 1 rings (SSSR count). The molecule has 0 atom stereocenters. The molecule has 0 aliphatic carbocycles. The second kappa shape index (κ2) is 4.19. The van der Waals surface area contributed by atoms with E-state index in [1.807, 2.05) is 0 Å². The smallest absolute Gasteiger partial charge is 0.431 e. The average molecular weight is 235 g/mol. The average Bonchev–Trinajstić information content (AvgIpc) is 2.14. The van der Waals surface area contributed by atoms with Crippen molar-refractivity contribution in [2.75, 3.05) is 7.11 Å². The minimum atomic E-state index is -4.56. The quantitative estimate of drug-likeness (QED) is 0.855. The highest BCUT2D eigenvalue weighted by Crippen LogP contribution is 2.30. The van der Waals surface area contributed by atoms with Crippen LogP contribution in [-0.2, 0) is 6.18 Å². The number of aromatic nitrogens is 1. The van der Waals surface area contributed by atoms with E-state index in [1.165, 1.54) is 7.11 Å². The summed E-state index contributed by atoms with van der Waals surface area (Å²) in [6.07, 6.45) is -4.56. The van der Waals surface area contributed by atoms with Crippen LogP contribution < -0.4 is 10.2 Å². The SMILES string of the molecule is COc1c(C(C)C)[nH]c(C(F)(F)F)cc1=O. The monoisotopic (exact) mass is 235 g/mol. The van der Waals surface area contributed by atoms with Gasteiger partial charge in [0.05, 0.1) is 12.8 Å². The van der Waals surface area contributed by atoms with E-state index < -0.39 is 17.3 Å². The number of rotatable bonds is 2. The number of halogens is 3. The van der Waals surface area contributed by atoms with Crippen LogP contribution in [0.25, 0.3) is 0 Å². The molecule has 1 heterocycles. The number of nitrogens with one attached hydrogen (secondary N) is 1. The summed E-state index contributed by atoms with van der Waals surface area (Å²) in [6.45, 7) is 3.35. The van der Waals surface area contributed by atoms with Crippen molar-refractivity contribution < 1.29 is 17.9 Å². The Bertz CT molecular complexity index is 435. The van der Waals surface area contributed by atoms with Crippen LogP contribution >= 0.6 is 0 Å². The molecule has 1 N–H and O–H groups in total. The molecule has 1 aromatic heterocycles. The Balaban J connectivity index is 3.46. The van der Waals surface area contributed by atoms with E-state index in [0.29, 0.717) is 6.07 Å². The predicted octanol–water partition coefficient (Wildman–Crippen LogP) is 2.53. The molecule has 0 aliphatic rings. The first-order valence-corrected chi connectivity index (χ1v) is 4.65. The Hall–Kier alpha value is -1.46. The third-order valence-corrected chi connectivity index (χ3v) is 2.10. The molecule has 0 aromatic carbocycles. The Labute approximate surface area is 90.2 Å². The third kappa shape index (κ3) is 2.37. The van der Waals surface area contributed by atoms with E-state index in [2.05, 4.69) is 4.98 Å². The van der Waals surface area contributed by atoms with Crippen molar-refractivity contribution in [3.8, 4) is 5.75 Å². The minimum Gasteiger partial charge on any atom is -0.491 e. The molecular formula is C10H12F3NO2. The van der Waals surface area contributed by atoms with Crippen molar-refractivity contribution in [1.29, 1.82) is 0 Å². The largest absolute Gasteiger partial charge is 0.491 e. The molecule has 0 bridgehead atoms. The summed E-state index contributed by atoms with van der Waals surface area (Å²) in [7, 11) is 1.25. The van der Waals surface area contributed by atoms with Gasteiger partial charge in [0.1, 0.15) is 5.69 Å². The predicted molar refractivity (Wildman–Crippen MR) is 52.7 cm³/mol. The number of alkyl halides is 3. The summed E-state index contributed by atoms with van der Waals surface area (Å²) in [5.74, 6) is -0.326. The van der Waals surface area contributed by atoms with Crippen LogP contribution in [-0.4, -0.2) is 12.1 Å². The molecule has 0 saturated heterocycles.